The van der Waals surface area contributed by atoms with Gasteiger partial charge in [0.05, 0.1) is 28.6 Å². The van der Waals surface area contributed by atoms with Gasteiger partial charge in [0.1, 0.15) is 6.54 Å². The molecule has 2 heterocycles. The first-order valence-corrected chi connectivity index (χ1v) is 11.9. The molecule has 1 aliphatic heterocycles. The number of carbonyl (C=O) groups is 1. The Kier molecular flexibility index (Phi) is 6.14. The van der Waals surface area contributed by atoms with E-state index in [-0.39, 0.29) is 34.9 Å². The number of anilines is 5. The number of carbonyl (C=O) groups excluding carboxylic acids is 1. The second kappa shape index (κ2) is 9.02. The van der Waals surface area contributed by atoms with Crippen LogP contribution in [-0.4, -0.2) is 36.6 Å². The first-order valence-electron chi connectivity index (χ1n) is 9.38. The minimum absolute atomic E-state index is 0.0141. The first-order chi connectivity index (χ1) is 15.7. The second-order valence-corrected chi connectivity index (χ2v) is 9.40. The van der Waals surface area contributed by atoms with Crippen molar-refractivity contribution in [2.75, 3.05) is 27.8 Å². The fourth-order valence-corrected chi connectivity index (χ4v) is 4.53. The largest absolute Gasteiger partial charge is 0.338 e. The molecule has 4 N–H and O–H groups in total. The summed E-state index contributed by atoms with van der Waals surface area (Å²) in [6, 6.07) is 12.8. The number of amides is 1. The summed E-state index contributed by atoms with van der Waals surface area (Å²) in [6.07, 6.45) is 0.959. The Hall–Kier alpha value is -3.73. The number of fused-ring (bicyclic) bond motifs is 1. The van der Waals surface area contributed by atoms with E-state index in [9.17, 15) is 17.6 Å². The summed E-state index contributed by atoms with van der Waals surface area (Å²) in [6.45, 7) is -0.0939. The van der Waals surface area contributed by atoms with Crippen molar-refractivity contribution in [2.45, 2.75) is 9.79 Å². The number of sulfonamides is 1. The highest BCUT2D eigenvalue weighted by molar-refractivity contribution is 8.00. The van der Waals surface area contributed by atoms with Crippen molar-refractivity contribution in [1.29, 1.82) is 5.26 Å². The van der Waals surface area contributed by atoms with Crippen LogP contribution >= 0.6 is 11.8 Å². The second-order valence-electron chi connectivity index (χ2n) is 6.82. The summed E-state index contributed by atoms with van der Waals surface area (Å²) in [7, 11) is -3.90. The highest BCUT2D eigenvalue weighted by Gasteiger charge is 2.25. The fourth-order valence-electron chi connectivity index (χ4n) is 3.06. The zero-order valence-electron chi connectivity index (χ0n) is 16.8. The molecular formula is C20H16FN7O3S2. The smallest absolute Gasteiger partial charge is 0.238 e. The van der Waals surface area contributed by atoms with Crippen molar-refractivity contribution in [3.05, 3.63) is 54.5 Å². The highest BCUT2D eigenvalue weighted by Crippen LogP contribution is 2.37. The van der Waals surface area contributed by atoms with E-state index < -0.39 is 15.8 Å². The molecule has 2 aromatic carbocycles. The Morgan fingerprint density at radius 2 is 2.00 bits per heavy atom. The number of benzene rings is 2. The van der Waals surface area contributed by atoms with Gasteiger partial charge in [-0.15, -0.1) is 11.8 Å². The average molecular weight is 486 g/mol. The van der Waals surface area contributed by atoms with Gasteiger partial charge in [0.25, 0.3) is 0 Å². The third-order valence-corrected chi connectivity index (χ3v) is 6.51. The van der Waals surface area contributed by atoms with E-state index in [4.69, 9.17) is 10.4 Å². The van der Waals surface area contributed by atoms with Gasteiger partial charge in [-0.3, -0.25) is 9.69 Å². The van der Waals surface area contributed by atoms with Crippen LogP contribution in [0.5, 0.6) is 0 Å². The lowest BCUT2D eigenvalue weighted by atomic mass is 10.2. The van der Waals surface area contributed by atoms with Gasteiger partial charge in [-0.1, -0.05) is 6.07 Å². The number of halogens is 1. The fraction of sp³-hybridized carbons (Fsp3) is 0.100. The van der Waals surface area contributed by atoms with Crippen LogP contribution in [0.15, 0.2) is 58.5 Å². The number of primary sulfonamides is 1. The molecule has 0 fully saturated rings. The molecular weight excluding hydrogens is 469 g/mol. The Bertz CT molecular complexity index is 1390. The molecule has 0 atom stereocenters. The summed E-state index contributed by atoms with van der Waals surface area (Å²) in [5.41, 5.74) is 1.35. The normalized spacial score (nSPS) is 13.2. The number of nitrogens with zero attached hydrogens (tertiary/aromatic N) is 4. The van der Waals surface area contributed by atoms with E-state index in [0.29, 0.717) is 17.1 Å². The summed E-state index contributed by atoms with van der Waals surface area (Å²) in [5.74, 6) is -0.801. The van der Waals surface area contributed by atoms with Crippen molar-refractivity contribution in [1.82, 2.24) is 9.97 Å². The number of aromatic nitrogens is 2. The third-order valence-electron chi connectivity index (χ3n) is 4.56. The molecule has 0 aliphatic carbocycles. The van der Waals surface area contributed by atoms with Crippen LogP contribution in [0.1, 0.15) is 0 Å². The quantitative estimate of drug-likeness (QED) is 0.447. The molecule has 0 saturated carbocycles. The zero-order chi connectivity index (χ0) is 23.6. The monoisotopic (exact) mass is 485 g/mol. The Morgan fingerprint density at radius 3 is 2.76 bits per heavy atom. The van der Waals surface area contributed by atoms with Crippen LogP contribution in [0, 0.1) is 17.1 Å². The van der Waals surface area contributed by atoms with E-state index in [2.05, 4.69) is 20.6 Å². The number of hydrogen-bond donors (Lipinski definition) is 3. The molecule has 0 radical (unpaired) electrons. The summed E-state index contributed by atoms with van der Waals surface area (Å²) < 4.78 is 37.5. The van der Waals surface area contributed by atoms with Gasteiger partial charge in [-0.05, 0) is 36.4 Å². The molecule has 10 nitrogen and oxygen atoms in total. The van der Waals surface area contributed by atoms with Gasteiger partial charge in [0, 0.05) is 16.3 Å². The molecule has 4 rings (SSSR count). The number of nitrogens with two attached hydrogens (primary N) is 1. The molecule has 33 heavy (non-hydrogen) atoms. The number of hydrogen-bond acceptors (Lipinski definition) is 9. The molecule has 1 amide bonds. The van der Waals surface area contributed by atoms with E-state index in [1.807, 2.05) is 6.07 Å². The summed E-state index contributed by atoms with van der Waals surface area (Å²) in [4.78, 5) is 22.3. The maximum absolute atomic E-state index is 14.4. The van der Waals surface area contributed by atoms with E-state index in [1.54, 1.807) is 24.3 Å². The maximum Gasteiger partial charge on any atom is 0.238 e. The van der Waals surface area contributed by atoms with Crippen molar-refractivity contribution in [3.8, 4) is 6.07 Å². The van der Waals surface area contributed by atoms with E-state index in [0.717, 1.165) is 11.1 Å². The molecule has 0 bridgehead atoms. The van der Waals surface area contributed by atoms with Crippen LogP contribution in [0.25, 0.3) is 0 Å². The van der Waals surface area contributed by atoms with Crippen LogP contribution in [0.4, 0.5) is 33.2 Å². The average Bonchev–Trinajstić information content (AvgIpc) is 2.78. The van der Waals surface area contributed by atoms with Crippen molar-refractivity contribution >= 4 is 56.5 Å². The van der Waals surface area contributed by atoms with Crippen LogP contribution in [-0.2, 0) is 14.8 Å². The molecule has 168 valence electrons. The minimum atomic E-state index is -3.90. The van der Waals surface area contributed by atoms with Crippen molar-refractivity contribution in [3.63, 3.8) is 0 Å². The van der Waals surface area contributed by atoms with Gasteiger partial charge >= 0.3 is 0 Å². The van der Waals surface area contributed by atoms with Crippen molar-refractivity contribution in [2.24, 2.45) is 5.14 Å². The van der Waals surface area contributed by atoms with Crippen LogP contribution in [0.3, 0.4) is 0 Å². The third kappa shape index (κ3) is 5.03. The predicted octanol–water partition coefficient (Wildman–Crippen LogP) is 2.71. The maximum atomic E-state index is 14.4. The lowest BCUT2D eigenvalue weighted by Crippen LogP contribution is -2.35. The van der Waals surface area contributed by atoms with Gasteiger partial charge in [-0.2, -0.15) is 10.2 Å². The highest BCUT2D eigenvalue weighted by atomic mass is 32.2. The first kappa shape index (κ1) is 22.5. The Balaban J connectivity index is 1.60. The van der Waals surface area contributed by atoms with Gasteiger partial charge in [0.15, 0.2) is 11.6 Å². The Labute approximate surface area is 192 Å². The standard InChI is InChI=1S/C20H16FN7O3S2/c21-15-10-24-20(26-12-2-1-3-14(8-12)33(23,30)31)27-19(15)25-13-4-5-17-16(9-13)28(7-6-22)18(29)11-32-17/h1-5,8-10H,7,11H2,(H2,23,30,31)(H2,24,25,26,27). The molecule has 13 heteroatoms. The predicted molar refractivity (Wildman–Crippen MR) is 122 cm³/mol. The van der Waals surface area contributed by atoms with E-state index >= 15 is 0 Å². The molecule has 0 unspecified atom stereocenters. The van der Waals surface area contributed by atoms with Gasteiger partial charge in [0.2, 0.25) is 21.9 Å². The summed E-state index contributed by atoms with van der Waals surface area (Å²) >= 11 is 1.36. The van der Waals surface area contributed by atoms with Gasteiger partial charge in [-0.25, -0.2) is 22.9 Å². The zero-order valence-corrected chi connectivity index (χ0v) is 18.5. The topological polar surface area (TPSA) is 154 Å². The lowest BCUT2D eigenvalue weighted by molar-refractivity contribution is -0.116. The molecule has 3 aromatic rings. The van der Waals surface area contributed by atoms with Crippen molar-refractivity contribution < 1.29 is 17.6 Å². The van der Waals surface area contributed by atoms with Crippen LogP contribution < -0.4 is 20.7 Å². The SMILES string of the molecule is N#CCN1C(=O)CSc2ccc(Nc3nc(Nc4cccc(S(N)(=O)=O)c4)ncc3F)cc21. The molecule has 0 spiro atoms. The Morgan fingerprint density at radius 1 is 1.21 bits per heavy atom. The van der Waals surface area contributed by atoms with Crippen LogP contribution in [0.2, 0.25) is 0 Å². The van der Waals surface area contributed by atoms with E-state index in [1.165, 1.54) is 34.9 Å². The minimum Gasteiger partial charge on any atom is -0.338 e. The number of nitriles is 1. The van der Waals surface area contributed by atoms with Gasteiger partial charge < -0.3 is 10.6 Å². The molecule has 0 saturated heterocycles. The number of rotatable bonds is 6. The summed E-state index contributed by atoms with van der Waals surface area (Å²) in [5, 5.41) is 19.8. The molecule has 1 aromatic heterocycles. The molecule has 1 aliphatic rings. The number of nitrogens with one attached hydrogen (secondary N) is 2. The lowest BCUT2D eigenvalue weighted by Gasteiger charge is -2.27. The number of thioether (sulfide) groups is 1.